The molecule has 0 spiro atoms. The zero-order chi connectivity index (χ0) is 39.1. The molecule has 292 valence electrons. The minimum absolute atomic E-state index is 0.187. The largest absolute Gasteiger partial charge is 0.497 e. The summed E-state index contributed by atoms with van der Waals surface area (Å²) in [4.78, 5) is 33.1. The zero-order valence-corrected chi connectivity index (χ0v) is 32.9. The van der Waals surface area contributed by atoms with Crippen LogP contribution in [0.25, 0.3) is 5.65 Å². The molecule has 1 N–H and O–H groups in total. The summed E-state index contributed by atoms with van der Waals surface area (Å²) in [7, 11) is 3.30. The average Bonchev–Trinajstić information content (AvgIpc) is 3.61. The molecule has 14 heteroatoms. The van der Waals surface area contributed by atoms with Crippen molar-refractivity contribution in [2.75, 3.05) is 56.8 Å². The molecule has 4 heterocycles. The van der Waals surface area contributed by atoms with Crippen LogP contribution >= 0.6 is 0 Å². The van der Waals surface area contributed by atoms with E-state index in [1.807, 2.05) is 82.3 Å². The number of carbonyl (C=O) groups excluding carboxylic acids is 1. The van der Waals surface area contributed by atoms with Gasteiger partial charge < -0.3 is 38.8 Å². The van der Waals surface area contributed by atoms with Crippen molar-refractivity contribution < 1.29 is 28.8 Å². The second kappa shape index (κ2) is 17.2. The molecule has 6 rings (SSSR count). The molecule has 1 aliphatic heterocycles. The van der Waals surface area contributed by atoms with Gasteiger partial charge in [0.05, 0.1) is 32.7 Å². The number of hydrogen-bond acceptors (Lipinski definition) is 12. The van der Waals surface area contributed by atoms with Crippen molar-refractivity contribution in [1.29, 1.82) is 0 Å². The van der Waals surface area contributed by atoms with Gasteiger partial charge in [-0.15, -0.1) is 5.10 Å². The molecule has 0 saturated carbocycles. The highest BCUT2D eigenvalue weighted by molar-refractivity contribution is 5.69. The summed E-state index contributed by atoms with van der Waals surface area (Å²) in [5, 5.41) is 16.6. The first-order valence-electron chi connectivity index (χ1n) is 18.7. The maximum atomic E-state index is 12.6. The lowest BCUT2D eigenvalue weighted by Crippen LogP contribution is -2.50. The molecule has 0 radical (unpaired) electrons. The smallest absolute Gasteiger partial charge is 0.410 e. The lowest BCUT2D eigenvalue weighted by molar-refractivity contribution is 0.0240. The van der Waals surface area contributed by atoms with E-state index in [1.165, 1.54) is 0 Å². The van der Waals surface area contributed by atoms with Crippen LogP contribution in [0.4, 0.5) is 16.4 Å². The van der Waals surface area contributed by atoms with E-state index >= 15 is 0 Å². The number of fused-ring (bicyclic) bond motifs is 1. The highest BCUT2D eigenvalue weighted by atomic mass is 16.6. The molecule has 1 atom stereocenters. The second-order valence-corrected chi connectivity index (χ2v) is 14.7. The molecule has 1 amide bonds. The number of pyridine rings is 1. The number of anilines is 2. The average molecular weight is 753 g/mol. The Kier molecular flexibility index (Phi) is 12.2. The normalized spacial score (nSPS) is 13.8. The van der Waals surface area contributed by atoms with Crippen LogP contribution in [0.2, 0.25) is 0 Å². The van der Waals surface area contributed by atoms with Crippen LogP contribution in [0.5, 0.6) is 17.5 Å². The van der Waals surface area contributed by atoms with E-state index in [0.717, 1.165) is 46.8 Å². The predicted molar refractivity (Wildman–Crippen MR) is 210 cm³/mol. The van der Waals surface area contributed by atoms with Crippen LogP contribution in [0.3, 0.4) is 0 Å². The number of nitrogens with zero attached hydrogens (tertiary/aromatic N) is 8. The van der Waals surface area contributed by atoms with Crippen LogP contribution in [-0.2, 0) is 17.8 Å². The Bertz CT molecular complexity index is 1990. The van der Waals surface area contributed by atoms with Gasteiger partial charge in [-0.25, -0.2) is 19.3 Å². The molecule has 0 aliphatic carbocycles. The molecule has 5 aromatic rings. The Hall–Kier alpha value is -5.63. The number of unbranched alkanes of at least 4 members (excludes halogenated alkanes) is 1. The maximum Gasteiger partial charge on any atom is 0.410 e. The first-order valence-corrected chi connectivity index (χ1v) is 18.7. The number of aromatic nitrogens is 5. The summed E-state index contributed by atoms with van der Waals surface area (Å²) in [5.74, 6) is 2.91. The summed E-state index contributed by atoms with van der Waals surface area (Å²) in [6.45, 7) is 13.4. The standard InChI is InChI=1S/C41H52N8O6/c1-8-9-22-54-39-44-38(48(26-29-10-14-32(52-6)15-11-29)27-30-12-16-33(53-7)17-13-30)37-43-25-34(49(37)45-39)35(50)31-23-28(2)36(42-24-31)46-18-20-47(21-19-46)40(51)55-41(3,4)5/h10-17,23-25,35,50H,8-9,18-22,26-27H2,1-7H3. The van der Waals surface area contributed by atoms with Crippen molar-refractivity contribution in [3.8, 4) is 17.5 Å². The van der Waals surface area contributed by atoms with Crippen LogP contribution < -0.4 is 24.0 Å². The van der Waals surface area contributed by atoms with E-state index in [2.05, 4.69) is 16.7 Å². The quantitative estimate of drug-likeness (QED) is 0.126. The molecular formula is C41H52N8O6. The fourth-order valence-electron chi connectivity index (χ4n) is 6.41. The van der Waals surface area contributed by atoms with E-state index in [9.17, 15) is 9.90 Å². The van der Waals surface area contributed by atoms with Gasteiger partial charge in [-0.05, 0) is 81.1 Å². The molecular weight excluding hydrogens is 701 g/mol. The van der Waals surface area contributed by atoms with Crippen LogP contribution in [0.15, 0.2) is 67.0 Å². The van der Waals surface area contributed by atoms with Crippen LogP contribution in [-0.4, -0.2) is 93.3 Å². The first kappa shape index (κ1) is 39.1. The fraction of sp³-hybridized carbons (Fsp3) is 0.439. The first-order chi connectivity index (χ1) is 26.5. The molecule has 1 unspecified atom stereocenters. The molecule has 2 aromatic carbocycles. The number of aliphatic hydroxyl groups is 1. The van der Waals surface area contributed by atoms with Gasteiger partial charge in [0.15, 0.2) is 11.5 Å². The van der Waals surface area contributed by atoms with Gasteiger partial charge in [0, 0.05) is 51.0 Å². The minimum atomic E-state index is -1.10. The summed E-state index contributed by atoms with van der Waals surface area (Å²) in [5.41, 5.74) is 3.96. The highest BCUT2D eigenvalue weighted by Gasteiger charge is 2.28. The Morgan fingerprint density at radius 3 is 2.07 bits per heavy atom. The lowest BCUT2D eigenvalue weighted by Gasteiger charge is -2.36. The molecule has 3 aromatic heterocycles. The van der Waals surface area contributed by atoms with Gasteiger partial charge in [0.1, 0.15) is 29.0 Å². The van der Waals surface area contributed by atoms with Gasteiger partial charge in [-0.1, -0.05) is 37.6 Å². The lowest BCUT2D eigenvalue weighted by atomic mass is 10.1. The number of imidazole rings is 1. The van der Waals surface area contributed by atoms with Crippen molar-refractivity contribution in [2.45, 2.75) is 72.3 Å². The SMILES string of the molecule is CCCCOc1nc(N(Cc2ccc(OC)cc2)Cc2ccc(OC)cc2)c2ncc(C(O)c3cnc(N4CCN(C(=O)OC(C)(C)C)CC4)c(C)c3)n2n1. The van der Waals surface area contributed by atoms with Crippen LogP contribution in [0, 0.1) is 6.92 Å². The van der Waals surface area contributed by atoms with Gasteiger partial charge in [0.2, 0.25) is 0 Å². The molecule has 1 aliphatic rings. The zero-order valence-electron chi connectivity index (χ0n) is 32.9. The third-order valence-electron chi connectivity index (χ3n) is 9.34. The predicted octanol–water partition coefficient (Wildman–Crippen LogP) is 6.37. The van der Waals surface area contributed by atoms with Gasteiger partial charge in [-0.3, -0.25) is 0 Å². The number of ether oxygens (including phenoxy) is 4. The molecule has 14 nitrogen and oxygen atoms in total. The number of amides is 1. The van der Waals surface area contributed by atoms with Crippen molar-refractivity contribution in [2.24, 2.45) is 0 Å². The summed E-state index contributed by atoms with van der Waals surface area (Å²) in [6, 6.07) is 18.0. The summed E-state index contributed by atoms with van der Waals surface area (Å²) in [6.07, 6.45) is 3.71. The molecule has 55 heavy (non-hydrogen) atoms. The van der Waals surface area contributed by atoms with E-state index in [-0.39, 0.29) is 12.1 Å². The molecule has 1 saturated heterocycles. The number of aryl methyl sites for hydroxylation is 1. The van der Waals surface area contributed by atoms with Crippen molar-refractivity contribution in [1.82, 2.24) is 29.5 Å². The van der Waals surface area contributed by atoms with Gasteiger partial charge in [-0.2, -0.15) is 4.98 Å². The Labute approximate surface area is 322 Å². The highest BCUT2D eigenvalue weighted by Crippen LogP contribution is 2.31. The van der Waals surface area contributed by atoms with Crippen molar-refractivity contribution in [3.63, 3.8) is 0 Å². The minimum Gasteiger partial charge on any atom is -0.497 e. The summed E-state index contributed by atoms with van der Waals surface area (Å²) < 4.78 is 24.1. The van der Waals surface area contributed by atoms with E-state index in [4.69, 9.17) is 39.0 Å². The number of rotatable bonds is 14. The Morgan fingerprint density at radius 1 is 0.909 bits per heavy atom. The van der Waals surface area contributed by atoms with Crippen molar-refractivity contribution in [3.05, 3.63) is 94.9 Å². The Morgan fingerprint density at radius 2 is 1.53 bits per heavy atom. The number of piperazine rings is 1. The second-order valence-electron chi connectivity index (χ2n) is 14.7. The van der Waals surface area contributed by atoms with Gasteiger partial charge in [0.25, 0.3) is 0 Å². The third kappa shape index (κ3) is 9.55. The monoisotopic (exact) mass is 752 g/mol. The van der Waals surface area contributed by atoms with E-state index in [1.54, 1.807) is 36.0 Å². The number of carbonyl (C=O) groups is 1. The van der Waals surface area contributed by atoms with E-state index < -0.39 is 11.7 Å². The van der Waals surface area contributed by atoms with Crippen LogP contribution in [0.1, 0.15) is 74.6 Å². The Balaban J connectivity index is 1.31. The number of aliphatic hydroxyl groups excluding tert-OH is 1. The maximum absolute atomic E-state index is 12.6. The van der Waals surface area contributed by atoms with Gasteiger partial charge >= 0.3 is 12.1 Å². The fourth-order valence-corrected chi connectivity index (χ4v) is 6.41. The number of methoxy groups -OCH3 is 2. The topological polar surface area (TPSA) is 140 Å². The summed E-state index contributed by atoms with van der Waals surface area (Å²) >= 11 is 0. The number of hydrogen-bond donors (Lipinski definition) is 1. The molecule has 1 fully saturated rings. The van der Waals surface area contributed by atoms with Crippen molar-refractivity contribution >= 4 is 23.4 Å². The van der Waals surface area contributed by atoms with E-state index in [0.29, 0.717) is 68.6 Å². The molecule has 0 bridgehead atoms. The third-order valence-corrected chi connectivity index (χ3v) is 9.34. The number of benzene rings is 2.